The monoisotopic (exact) mass is 371 g/mol. The molecule has 3 N–H and O–H groups in total. The van der Waals surface area contributed by atoms with Crippen LogP contribution in [0.15, 0.2) is 41.8 Å². The highest BCUT2D eigenvalue weighted by molar-refractivity contribution is 7.09. The number of nitrogens with one attached hydrogen (secondary N) is 3. The van der Waals surface area contributed by atoms with E-state index in [0.29, 0.717) is 13.0 Å². The molecule has 1 aromatic carbocycles. The van der Waals surface area contributed by atoms with Crippen LogP contribution in [0, 0.1) is 0 Å². The zero-order valence-corrected chi connectivity index (χ0v) is 13.8. The van der Waals surface area contributed by atoms with Crippen molar-refractivity contribution in [1.29, 1.82) is 0 Å². The fourth-order valence-corrected chi connectivity index (χ4v) is 2.67. The Kier molecular flexibility index (Phi) is 6.40. The molecule has 0 atom stereocenters. The molecule has 25 heavy (non-hydrogen) atoms. The van der Waals surface area contributed by atoms with E-state index in [4.69, 9.17) is 0 Å². The van der Waals surface area contributed by atoms with E-state index in [1.807, 2.05) is 17.5 Å². The Bertz CT molecular complexity index is 718. The third-order valence-corrected chi connectivity index (χ3v) is 4.07. The van der Waals surface area contributed by atoms with E-state index < -0.39 is 23.7 Å². The van der Waals surface area contributed by atoms with Crippen LogP contribution in [0.25, 0.3) is 0 Å². The van der Waals surface area contributed by atoms with Crippen molar-refractivity contribution in [3.63, 3.8) is 0 Å². The van der Waals surface area contributed by atoms with Crippen molar-refractivity contribution < 1.29 is 22.8 Å². The van der Waals surface area contributed by atoms with Gasteiger partial charge in [0.15, 0.2) is 0 Å². The van der Waals surface area contributed by atoms with Crippen molar-refractivity contribution in [3.8, 4) is 0 Å². The summed E-state index contributed by atoms with van der Waals surface area (Å²) in [6.45, 7) is 0.0559. The zero-order chi connectivity index (χ0) is 18.3. The van der Waals surface area contributed by atoms with E-state index in [1.165, 1.54) is 12.1 Å². The average molecular weight is 371 g/mol. The minimum atomic E-state index is -4.46. The van der Waals surface area contributed by atoms with Gasteiger partial charge in [-0.2, -0.15) is 13.2 Å². The molecule has 0 spiro atoms. The molecule has 0 aliphatic carbocycles. The van der Waals surface area contributed by atoms with Crippen molar-refractivity contribution in [1.82, 2.24) is 10.6 Å². The topological polar surface area (TPSA) is 70.2 Å². The Balaban J connectivity index is 1.72. The summed E-state index contributed by atoms with van der Waals surface area (Å²) in [6.07, 6.45) is -3.80. The minimum absolute atomic E-state index is 0.142. The van der Waals surface area contributed by atoms with Gasteiger partial charge >= 0.3 is 12.2 Å². The van der Waals surface area contributed by atoms with Gasteiger partial charge in [-0.25, -0.2) is 4.79 Å². The first-order chi connectivity index (χ1) is 11.8. The van der Waals surface area contributed by atoms with Gasteiger partial charge in [0, 0.05) is 17.1 Å². The van der Waals surface area contributed by atoms with Gasteiger partial charge in [0.1, 0.15) is 0 Å². The van der Waals surface area contributed by atoms with Crippen LogP contribution in [-0.2, 0) is 17.4 Å². The van der Waals surface area contributed by atoms with E-state index >= 15 is 0 Å². The van der Waals surface area contributed by atoms with Crippen molar-refractivity contribution in [3.05, 3.63) is 52.2 Å². The number of alkyl halides is 3. The van der Waals surface area contributed by atoms with Gasteiger partial charge in [-0.1, -0.05) is 12.1 Å². The molecule has 0 bridgehead atoms. The molecule has 0 saturated carbocycles. The molecule has 2 rings (SSSR count). The number of imide groups is 1. The third kappa shape index (κ3) is 6.46. The highest BCUT2D eigenvalue weighted by Gasteiger charge is 2.30. The van der Waals surface area contributed by atoms with Crippen molar-refractivity contribution in [2.45, 2.75) is 12.6 Å². The second kappa shape index (κ2) is 8.52. The Labute approximate surface area is 146 Å². The van der Waals surface area contributed by atoms with Gasteiger partial charge in [-0.15, -0.1) is 11.3 Å². The number of amides is 3. The standard InChI is InChI=1S/C16H16F3N3O2S/c17-16(18,19)11-3-1-4-12(9-11)21-10-14(23)22-15(24)20-7-6-13-5-2-8-25-13/h1-5,8-9,21H,6-7,10H2,(H2,20,22,23,24). The molecule has 0 fully saturated rings. The predicted molar refractivity (Wildman–Crippen MR) is 89.5 cm³/mol. The summed E-state index contributed by atoms with van der Waals surface area (Å²) in [6, 6.07) is 7.68. The quantitative estimate of drug-likeness (QED) is 0.730. The smallest absolute Gasteiger partial charge is 0.376 e. The molecule has 0 radical (unpaired) electrons. The average Bonchev–Trinajstić information content (AvgIpc) is 3.06. The van der Waals surface area contributed by atoms with E-state index in [9.17, 15) is 22.8 Å². The van der Waals surface area contributed by atoms with Crippen molar-refractivity contribution >= 4 is 29.0 Å². The minimum Gasteiger partial charge on any atom is -0.376 e. The van der Waals surface area contributed by atoms with Gasteiger partial charge in [-0.05, 0) is 36.1 Å². The van der Waals surface area contributed by atoms with Gasteiger partial charge in [-0.3, -0.25) is 10.1 Å². The fraction of sp³-hybridized carbons (Fsp3) is 0.250. The van der Waals surface area contributed by atoms with Crippen LogP contribution in [0.2, 0.25) is 0 Å². The zero-order valence-electron chi connectivity index (χ0n) is 13.0. The van der Waals surface area contributed by atoms with Crippen molar-refractivity contribution in [2.24, 2.45) is 0 Å². The van der Waals surface area contributed by atoms with Gasteiger partial charge in [0.2, 0.25) is 5.91 Å². The molecule has 3 amide bonds. The second-order valence-electron chi connectivity index (χ2n) is 5.07. The van der Waals surface area contributed by atoms with E-state index in [0.717, 1.165) is 17.0 Å². The Morgan fingerprint density at radius 1 is 1.12 bits per heavy atom. The number of anilines is 1. The molecular formula is C16H16F3N3O2S. The van der Waals surface area contributed by atoms with Crippen LogP contribution in [-0.4, -0.2) is 25.0 Å². The number of benzene rings is 1. The van der Waals surface area contributed by atoms with Gasteiger partial charge < -0.3 is 10.6 Å². The summed E-state index contributed by atoms with van der Waals surface area (Å²) in [5.41, 5.74) is -0.674. The number of hydrogen-bond donors (Lipinski definition) is 3. The Hall–Kier alpha value is -2.55. The summed E-state index contributed by atoms with van der Waals surface area (Å²) in [4.78, 5) is 24.3. The summed E-state index contributed by atoms with van der Waals surface area (Å²) < 4.78 is 37.8. The molecule has 1 heterocycles. The molecule has 0 unspecified atom stereocenters. The first-order valence-corrected chi connectivity index (χ1v) is 8.24. The van der Waals surface area contributed by atoms with Crippen LogP contribution in [0.5, 0.6) is 0 Å². The maximum absolute atomic E-state index is 12.6. The SMILES string of the molecule is O=C(CNc1cccc(C(F)(F)F)c1)NC(=O)NCCc1cccs1. The van der Waals surface area contributed by atoms with Crippen LogP contribution >= 0.6 is 11.3 Å². The number of hydrogen-bond acceptors (Lipinski definition) is 4. The summed E-state index contributed by atoms with van der Waals surface area (Å²) >= 11 is 1.57. The van der Waals surface area contributed by atoms with Crippen LogP contribution < -0.4 is 16.0 Å². The lowest BCUT2D eigenvalue weighted by molar-refractivity contribution is -0.137. The van der Waals surface area contributed by atoms with Crippen LogP contribution in [0.3, 0.4) is 0 Å². The molecular weight excluding hydrogens is 355 g/mol. The normalized spacial score (nSPS) is 11.0. The van der Waals surface area contributed by atoms with Gasteiger partial charge in [0.25, 0.3) is 0 Å². The third-order valence-electron chi connectivity index (χ3n) is 3.13. The summed E-state index contributed by atoms with van der Waals surface area (Å²) in [5.74, 6) is -0.647. The summed E-state index contributed by atoms with van der Waals surface area (Å²) in [7, 11) is 0. The molecule has 0 aliphatic rings. The van der Waals surface area contributed by atoms with Gasteiger partial charge in [0.05, 0.1) is 12.1 Å². The number of carbonyl (C=O) groups is 2. The second-order valence-corrected chi connectivity index (χ2v) is 6.10. The lowest BCUT2D eigenvalue weighted by Crippen LogP contribution is -2.42. The van der Waals surface area contributed by atoms with Crippen LogP contribution in [0.1, 0.15) is 10.4 Å². The highest BCUT2D eigenvalue weighted by atomic mass is 32.1. The largest absolute Gasteiger partial charge is 0.416 e. The van der Waals surface area contributed by atoms with Crippen LogP contribution in [0.4, 0.5) is 23.7 Å². The number of carbonyl (C=O) groups excluding carboxylic acids is 2. The van der Waals surface area contributed by atoms with E-state index in [2.05, 4.69) is 16.0 Å². The molecule has 1 aromatic heterocycles. The lowest BCUT2D eigenvalue weighted by atomic mass is 10.2. The highest BCUT2D eigenvalue weighted by Crippen LogP contribution is 2.30. The number of rotatable bonds is 6. The summed E-state index contributed by atoms with van der Waals surface area (Å²) in [5, 5.41) is 9.12. The lowest BCUT2D eigenvalue weighted by Gasteiger charge is -2.11. The molecule has 0 aliphatic heterocycles. The fourth-order valence-electron chi connectivity index (χ4n) is 1.96. The maximum Gasteiger partial charge on any atom is 0.416 e. The van der Waals surface area contributed by atoms with E-state index in [-0.39, 0.29) is 12.2 Å². The number of thiophene rings is 1. The van der Waals surface area contributed by atoms with E-state index in [1.54, 1.807) is 11.3 Å². The molecule has 5 nitrogen and oxygen atoms in total. The molecule has 134 valence electrons. The Morgan fingerprint density at radius 2 is 1.92 bits per heavy atom. The molecule has 2 aromatic rings. The molecule has 0 saturated heterocycles. The Morgan fingerprint density at radius 3 is 2.60 bits per heavy atom. The maximum atomic E-state index is 12.6. The number of halogens is 3. The predicted octanol–water partition coefficient (Wildman–Crippen LogP) is 3.25. The molecule has 9 heteroatoms. The first kappa shape index (κ1) is 18.8. The number of urea groups is 1. The first-order valence-electron chi connectivity index (χ1n) is 7.36. The van der Waals surface area contributed by atoms with Crippen molar-refractivity contribution in [2.75, 3.05) is 18.4 Å².